The van der Waals surface area contributed by atoms with E-state index in [0.717, 1.165) is 35.2 Å². The van der Waals surface area contributed by atoms with Crippen LogP contribution in [-0.4, -0.2) is 29.2 Å². The molecule has 0 saturated carbocycles. The van der Waals surface area contributed by atoms with Gasteiger partial charge >= 0.3 is 5.97 Å². The average Bonchev–Trinajstić information content (AvgIpc) is 3.05. The Morgan fingerprint density at radius 1 is 1.28 bits per heavy atom. The highest BCUT2D eigenvalue weighted by atomic mass is 16.5. The molecule has 1 aromatic heterocycles. The summed E-state index contributed by atoms with van der Waals surface area (Å²) in [4.78, 5) is 25.0. The standard InChI is InChI=1S/C19H23N3O3/c1-11-6-12(2)8-15(7-11)17(19(24)25-3)21-18(23)13-4-5-14-10-20-22-16(14)9-13/h6-8,10,13,17H,4-5,9H2,1-3H3,(H,20,22)(H,21,23)/t13-,17+/m0/s1. The van der Waals surface area contributed by atoms with E-state index in [-0.39, 0.29) is 11.8 Å². The number of nitrogens with one attached hydrogen (secondary N) is 2. The SMILES string of the molecule is COC(=O)[C@H](NC(=O)[C@H]1CCc2cn[nH]c2C1)c1cc(C)cc(C)c1. The molecular weight excluding hydrogens is 318 g/mol. The van der Waals surface area contributed by atoms with Crippen molar-refractivity contribution >= 4 is 11.9 Å². The Kier molecular flexibility index (Phi) is 4.88. The summed E-state index contributed by atoms with van der Waals surface area (Å²) in [5, 5.41) is 9.87. The summed E-state index contributed by atoms with van der Waals surface area (Å²) in [6.45, 7) is 3.93. The molecule has 0 spiro atoms. The maximum Gasteiger partial charge on any atom is 0.333 e. The topological polar surface area (TPSA) is 84.1 Å². The second-order valence-corrected chi connectivity index (χ2v) is 6.70. The van der Waals surface area contributed by atoms with Crippen molar-refractivity contribution in [3.8, 4) is 0 Å². The van der Waals surface area contributed by atoms with Crippen molar-refractivity contribution in [2.45, 2.75) is 39.2 Å². The molecule has 0 saturated heterocycles. The van der Waals surface area contributed by atoms with E-state index < -0.39 is 12.0 Å². The van der Waals surface area contributed by atoms with E-state index in [1.165, 1.54) is 12.7 Å². The van der Waals surface area contributed by atoms with Gasteiger partial charge < -0.3 is 10.1 Å². The highest BCUT2D eigenvalue weighted by Gasteiger charge is 2.30. The summed E-state index contributed by atoms with van der Waals surface area (Å²) in [5.41, 5.74) is 5.00. The molecule has 6 heteroatoms. The normalized spacial score (nSPS) is 17.5. The molecule has 2 N–H and O–H groups in total. The van der Waals surface area contributed by atoms with Crippen molar-refractivity contribution in [1.29, 1.82) is 0 Å². The fourth-order valence-electron chi connectivity index (χ4n) is 3.46. The van der Waals surface area contributed by atoms with Crippen molar-refractivity contribution in [3.63, 3.8) is 0 Å². The number of hydrogen-bond donors (Lipinski definition) is 2. The predicted octanol–water partition coefficient (Wildman–Crippen LogP) is 2.16. The summed E-state index contributed by atoms with van der Waals surface area (Å²) in [7, 11) is 1.33. The van der Waals surface area contributed by atoms with Crippen molar-refractivity contribution < 1.29 is 14.3 Å². The molecule has 0 radical (unpaired) electrons. The molecule has 1 aliphatic rings. The predicted molar refractivity (Wildman–Crippen MR) is 92.9 cm³/mol. The first-order valence-corrected chi connectivity index (χ1v) is 8.45. The second kappa shape index (κ2) is 7.09. The van der Waals surface area contributed by atoms with Crippen LogP contribution in [0.5, 0.6) is 0 Å². The third-order valence-electron chi connectivity index (χ3n) is 4.69. The third kappa shape index (κ3) is 3.73. The number of aryl methyl sites for hydroxylation is 3. The van der Waals surface area contributed by atoms with Crippen LogP contribution in [-0.2, 0) is 27.2 Å². The van der Waals surface area contributed by atoms with E-state index in [1.807, 2.05) is 38.2 Å². The number of hydrogen-bond acceptors (Lipinski definition) is 4. The molecule has 1 amide bonds. The first-order valence-electron chi connectivity index (χ1n) is 8.45. The molecule has 0 unspecified atom stereocenters. The van der Waals surface area contributed by atoms with E-state index in [9.17, 15) is 9.59 Å². The smallest absolute Gasteiger partial charge is 0.333 e. The van der Waals surface area contributed by atoms with Crippen LogP contribution < -0.4 is 5.32 Å². The van der Waals surface area contributed by atoms with E-state index >= 15 is 0 Å². The Balaban J connectivity index is 1.79. The van der Waals surface area contributed by atoms with Crippen molar-refractivity contribution in [3.05, 3.63) is 52.3 Å². The minimum Gasteiger partial charge on any atom is -0.467 e. The largest absolute Gasteiger partial charge is 0.467 e. The molecule has 6 nitrogen and oxygen atoms in total. The Morgan fingerprint density at radius 2 is 2.00 bits per heavy atom. The minimum absolute atomic E-state index is 0.130. The van der Waals surface area contributed by atoms with Gasteiger partial charge in [0.05, 0.1) is 13.3 Å². The summed E-state index contributed by atoms with van der Waals surface area (Å²) in [6, 6.07) is 5.05. The van der Waals surface area contributed by atoms with Gasteiger partial charge in [0.15, 0.2) is 6.04 Å². The van der Waals surface area contributed by atoms with Gasteiger partial charge in [-0.05, 0) is 37.8 Å². The number of ether oxygens (including phenoxy) is 1. The van der Waals surface area contributed by atoms with E-state index in [1.54, 1.807) is 0 Å². The van der Waals surface area contributed by atoms with E-state index in [0.29, 0.717) is 6.42 Å². The lowest BCUT2D eigenvalue weighted by Crippen LogP contribution is -2.40. The van der Waals surface area contributed by atoms with Crippen molar-refractivity contribution in [1.82, 2.24) is 15.5 Å². The zero-order chi connectivity index (χ0) is 18.0. The molecule has 25 heavy (non-hydrogen) atoms. The quantitative estimate of drug-likeness (QED) is 0.835. The van der Waals surface area contributed by atoms with Crippen LogP contribution in [0.25, 0.3) is 0 Å². The summed E-state index contributed by atoms with van der Waals surface area (Å²) >= 11 is 0. The zero-order valence-corrected chi connectivity index (χ0v) is 14.8. The second-order valence-electron chi connectivity index (χ2n) is 6.70. The molecule has 0 aliphatic heterocycles. The number of fused-ring (bicyclic) bond motifs is 1. The van der Waals surface area contributed by atoms with Gasteiger partial charge in [0.25, 0.3) is 0 Å². The fraction of sp³-hybridized carbons (Fsp3) is 0.421. The number of carbonyl (C=O) groups is 2. The maximum atomic E-state index is 12.8. The van der Waals surface area contributed by atoms with Gasteiger partial charge in [-0.3, -0.25) is 9.89 Å². The number of aromatic amines is 1. The Labute approximate surface area is 147 Å². The molecule has 1 aliphatic carbocycles. The Morgan fingerprint density at radius 3 is 2.68 bits per heavy atom. The summed E-state index contributed by atoms with van der Waals surface area (Å²) in [6.07, 6.45) is 3.99. The fourth-order valence-corrected chi connectivity index (χ4v) is 3.46. The highest BCUT2D eigenvalue weighted by Crippen LogP contribution is 2.25. The van der Waals surface area contributed by atoms with Gasteiger partial charge in [0.1, 0.15) is 0 Å². The number of nitrogens with zero attached hydrogens (tertiary/aromatic N) is 1. The molecule has 3 rings (SSSR count). The van der Waals surface area contributed by atoms with Crippen LogP contribution in [0.15, 0.2) is 24.4 Å². The van der Waals surface area contributed by atoms with Crippen molar-refractivity contribution in [2.75, 3.05) is 7.11 Å². The van der Waals surface area contributed by atoms with Crippen LogP contribution in [0, 0.1) is 19.8 Å². The number of carbonyl (C=O) groups excluding carboxylic acids is 2. The number of rotatable bonds is 4. The Hall–Kier alpha value is -2.63. The molecule has 132 valence electrons. The zero-order valence-electron chi connectivity index (χ0n) is 14.8. The minimum atomic E-state index is -0.792. The third-order valence-corrected chi connectivity index (χ3v) is 4.69. The van der Waals surface area contributed by atoms with Crippen LogP contribution in [0.1, 0.15) is 40.4 Å². The number of H-pyrrole nitrogens is 1. The molecule has 2 aromatic rings. The lowest BCUT2D eigenvalue weighted by molar-refractivity contribution is -0.145. The van der Waals surface area contributed by atoms with E-state index in [4.69, 9.17) is 4.74 Å². The van der Waals surface area contributed by atoms with Crippen molar-refractivity contribution in [2.24, 2.45) is 5.92 Å². The first kappa shape index (κ1) is 17.2. The van der Waals surface area contributed by atoms with Crippen LogP contribution >= 0.6 is 0 Å². The number of esters is 1. The maximum absolute atomic E-state index is 12.8. The number of aromatic nitrogens is 2. The lowest BCUT2D eigenvalue weighted by Gasteiger charge is -2.24. The number of benzene rings is 1. The van der Waals surface area contributed by atoms with E-state index in [2.05, 4.69) is 15.5 Å². The van der Waals surface area contributed by atoms with Gasteiger partial charge in [-0.15, -0.1) is 0 Å². The number of methoxy groups -OCH3 is 1. The van der Waals surface area contributed by atoms with Crippen LogP contribution in [0.2, 0.25) is 0 Å². The molecule has 2 atom stereocenters. The summed E-state index contributed by atoms with van der Waals surface area (Å²) in [5.74, 6) is -0.766. The molecule has 0 fully saturated rings. The van der Waals surface area contributed by atoms with Gasteiger partial charge in [-0.25, -0.2) is 4.79 Å². The molecule has 1 heterocycles. The first-order chi connectivity index (χ1) is 12.0. The van der Waals surface area contributed by atoms with Gasteiger partial charge in [0.2, 0.25) is 5.91 Å². The molecular formula is C19H23N3O3. The number of amides is 1. The Bertz CT molecular complexity index is 777. The van der Waals surface area contributed by atoms with Crippen LogP contribution in [0.4, 0.5) is 0 Å². The van der Waals surface area contributed by atoms with Gasteiger partial charge in [-0.1, -0.05) is 29.3 Å². The van der Waals surface area contributed by atoms with Gasteiger partial charge in [-0.2, -0.15) is 5.10 Å². The molecule has 1 aromatic carbocycles. The highest BCUT2D eigenvalue weighted by molar-refractivity contribution is 5.87. The van der Waals surface area contributed by atoms with Gasteiger partial charge in [0, 0.05) is 18.0 Å². The van der Waals surface area contributed by atoms with Crippen LogP contribution in [0.3, 0.4) is 0 Å². The monoisotopic (exact) mass is 341 g/mol. The average molecular weight is 341 g/mol. The lowest BCUT2D eigenvalue weighted by atomic mass is 9.87. The summed E-state index contributed by atoms with van der Waals surface area (Å²) < 4.78 is 4.91. The molecule has 0 bridgehead atoms.